The molecule has 2 aromatic rings. The maximum atomic E-state index is 12.7. The highest BCUT2D eigenvalue weighted by Gasteiger charge is 2.18. The van der Waals surface area contributed by atoms with Gasteiger partial charge in [-0.25, -0.2) is 0 Å². The molecule has 0 unspecified atom stereocenters. The molecule has 0 fully saturated rings. The molecular formula is C12H7ClFN3O5S. The summed E-state index contributed by atoms with van der Waals surface area (Å²) in [4.78, 5) is 9.39. The molecule has 11 heteroatoms. The number of aromatic hydroxyl groups is 1. The molecule has 23 heavy (non-hydrogen) atoms. The number of hydrogen-bond acceptors (Lipinski definition) is 7. The third-order valence-corrected chi connectivity index (χ3v) is 3.75. The third kappa shape index (κ3) is 3.99. The Morgan fingerprint density at radius 2 is 1.70 bits per heavy atom. The van der Waals surface area contributed by atoms with Crippen LogP contribution in [0.2, 0.25) is 5.02 Å². The van der Waals surface area contributed by atoms with E-state index in [-0.39, 0.29) is 16.4 Å². The Bertz CT molecular complexity index is 900. The summed E-state index contributed by atoms with van der Waals surface area (Å²) in [5.74, 6) is -0.687. The molecule has 0 heterocycles. The van der Waals surface area contributed by atoms with Gasteiger partial charge in [-0.2, -0.15) is 18.6 Å². The summed E-state index contributed by atoms with van der Waals surface area (Å²) < 4.78 is 34.1. The van der Waals surface area contributed by atoms with Gasteiger partial charge >= 0.3 is 15.9 Å². The van der Waals surface area contributed by atoms with E-state index >= 15 is 0 Å². The Hall–Kier alpha value is -2.59. The van der Waals surface area contributed by atoms with E-state index in [9.17, 15) is 27.5 Å². The van der Waals surface area contributed by atoms with Crippen molar-refractivity contribution >= 4 is 38.9 Å². The van der Waals surface area contributed by atoms with E-state index in [1.165, 1.54) is 12.1 Å². The Labute approximate surface area is 134 Å². The molecule has 0 saturated carbocycles. The van der Waals surface area contributed by atoms with Crippen LogP contribution >= 0.6 is 11.6 Å². The lowest BCUT2D eigenvalue weighted by molar-refractivity contribution is -0.385. The van der Waals surface area contributed by atoms with E-state index < -0.39 is 31.5 Å². The molecule has 0 spiro atoms. The molecule has 120 valence electrons. The smallest absolute Gasteiger partial charge is 0.332 e. The van der Waals surface area contributed by atoms with Gasteiger partial charge in [0.25, 0.3) is 0 Å². The summed E-state index contributed by atoms with van der Waals surface area (Å²) in [6.07, 6.45) is 0. The lowest BCUT2D eigenvalue weighted by atomic mass is 10.2. The highest BCUT2D eigenvalue weighted by atomic mass is 35.5. The van der Waals surface area contributed by atoms with Crippen molar-refractivity contribution < 1.29 is 22.3 Å². The number of nitro benzene ring substituents is 1. The number of hydrogen-bond donors (Lipinski definition) is 1. The molecule has 0 aliphatic carbocycles. The second kappa shape index (κ2) is 6.26. The number of rotatable bonds is 4. The van der Waals surface area contributed by atoms with Crippen LogP contribution < -0.4 is 0 Å². The maximum absolute atomic E-state index is 12.7. The van der Waals surface area contributed by atoms with Crippen LogP contribution in [-0.2, 0) is 10.2 Å². The van der Waals surface area contributed by atoms with Crippen molar-refractivity contribution in [3.8, 4) is 5.75 Å². The topological polar surface area (TPSA) is 122 Å². The SMILES string of the molecule is O=[N+]([O-])c1cc(/N=N/c2ccc(S(=O)(=O)F)cc2)cc(Cl)c1O. The number of halogens is 2. The first kappa shape index (κ1) is 16.8. The minimum absolute atomic E-state index is 0.00156. The molecule has 0 aromatic heterocycles. The van der Waals surface area contributed by atoms with E-state index in [1.54, 1.807) is 0 Å². The molecule has 0 atom stereocenters. The van der Waals surface area contributed by atoms with Gasteiger partial charge in [0.2, 0.25) is 5.75 Å². The second-order valence-corrected chi connectivity index (χ2v) is 5.94. The first-order chi connectivity index (χ1) is 10.7. The van der Waals surface area contributed by atoms with Crippen molar-refractivity contribution in [2.45, 2.75) is 4.90 Å². The van der Waals surface area contributed by atoms with Crippen molar-refractivity contribution in [1.29, 1.82) is 0 Å². The van der Waals surface area contributed by atoms with Crippen molar-refractivity contribution in [3.05, 3.63) is 51.5 Å². The first-order valence-corrected chi connectivity index (χ1v) is 7.58. The number of phenolic OH excluding ortho intramolecular Hbond substituents is 1. The predicted octanol–water partition coefficient (Wildman–Crippen LogP) is 4.03. The summed E-state index contributed by atoms with van der Waals surface area (Å²) >= 11 is 5.65. The van der Waals surface area contributed by atoms with Crippen molar-refractivity contribution in [2.75, 3.05) is 0 Å². The zero-order valence-electron chi connectivity index (χ0n) is 11.1. The van der Waals surface area contributed by atoms with E-state index in [0.717, 1.165) is 24.3 Å². The summed E-state index contributed by atoms with van der Waals surface area (Å²) in [5.41, 5.74) is -0.448. The maximum Gasteiger partial charge on any atom is 0.332 e. The van der Waals surface area contributed by atoms with Crippen molar-refractivity contribution in [1.82, 2.24) is 0 Å². The van der Waals surface area contributed by atoms with E-state index in [1.807, 2.05) is 0 Å². The van der Waals surface area contributed by atoms with Gasteiger partial charge in [0.05, 0.1) is 26.2 Å². The lowest BCUT2D eigenvalue weighted by Crippen LogP contribution is -1.90. The standard InChI is InChI=1S/C12H7ClFN3O5S/c13-10-5-8(6-11(12(10)18)17(19)20)16-15-7-1-3-9(4-2-7)23(14,21)22/h1-6,18H/b16-15+. The molecule has 0 bridgehead atoms. The second-order valence-electron chi connectivity index (χ2n) is 4.18. The summed E-state index contributed by atoms with van der Waals surface area (Å²) in [6.45, 7) is 0. The Morgan fingerprint density at radius 1 is 1.13 bits per heavy atom. The Balaban J connectivity index is 2.32. The minimum Gasteiger partial charge on any atom is -0.501 e. The van der Waals surface area contributed by atoms with Crippen LogP contribution in [0.1, 0.15) is 0 Å². The van der Waals surface area contributed by atoms with E-state index in [0.29, 0.717) is 0 Å². The summed E-state index contributed by atoms with van der Waals surface area (Å²) in [7, 11) is -4.80. The Kier molecular flexibility index (Phi) is 4.57. The minimum atomic E-state index is -4.80. The number of phenols is 1. The normalized spacial score (nSPS) is 11.7. The molecule has 0 saturated heterocycles. The highest BCUT2D eigenvalue weighted by molar-refractivity contribution is 7.86. The van der Waals surface area contributed by atoms with Gasteiger partial charge in [0, 0.05) is 6.07 Å². The molecule has 2 aromatic carbocycles. The molecule has 0 aliphatic rings. The number of benzene rings is 2. The molecular weight excluding hydrogens is 353 g/mol. The Morgan fingerprint density at radius 3 is 2.22 bits per heavy atom. The first-order valence-electron chi connectivity index (χ1n) is 5.82. The molecule has 8 nitrogen and oxygen atoms in total. The fourth-order valence-corrected chi connectivity index (χ4v) is 2.23. The molecule has 0 radical (unpaired) electrons. The van der Waals surface area contributed by atoms with Crippen LogP contribution in [0.15, 0.2) is 51.5 Å². The molecule has 1 N–H and O–H groups in total. The molecule has 0 amide bonds. The van der Waals surface area contributed by atoms with Crippen molar-refractivity contribution in [2.24, 2.45) is 10.2 Å². The van der Waals surface area contributed by atoms with Crippen molar-refractivity contribution in [3.63, 3.8) is 0 Å². The third-order valence-electron chi connectivity index (χ3n) is 2.62. The molecule has 2 rings (SSSR count). The number of azo groups is 1. The zero-order valence-corrected chi connectivity index (χ0v) is 12.6. The molecule has 0 aliphatic heterocycles. The van der Waals surface area contributed by atoms with Gasteiger partial charge in [-0.05, 0) is 30.3 Å². The average Bonchev–Trinajstić information content (AvgIpc) is 2.47. The largest absolute Gasteiger partial charge is 0.501 e. The monoisotopic (exact) mass is 359 g/mol. The predicted molar refractivity (Wildman–Crippen MR) is 78.7 cm³/mol. The van der Waals surface area contributed by atoms with Crippen LogP contribution in [0.5, 0.6) is 5.75 Å². The average molecular weight is 360 g/mol. The van der Waals surface area contributed by atoms with Crippen LogP contribution in [0.3, 0.4) is 0 Å². The summed E-state index contributed by atoms with van der Waals surface area (Å²) in [6, 6.07) is 6.52. The zero-order chi connectivity index (χ0) is 17.2. The van der Waals surface area contributed by atoms with Gasteiger partial charge < -0.3 is 5.11 Å². The van der Waals surface area contributed by atoms with Crippen LogP contribution in [-0.4, -0.2) is 18.4 Å². The number of nitrogens with zero attached hydrogens (tertiary/aromatic N) is 3. The van der Waals surface area contributed by atoms with Gasteiger partial charge in [-0.1, -0.05) is 11.6 Å². The summed E-state index contributed by atoms with van der Waals surface area (Å²) in [5, 5.41) is 27.3. The van der Waals surface area contributed by atoms with Gasteiger partial charge in [0.15, 0.2) is 0 Å². The van der Waals surface area contributed by atoms with Gasteiger partial charge in [0.1, 0.15) is 0 Å². The van der Waals surface area contributed by atoms with E-state index in [2.05, 4.69) is 10.2 Å². The number of nitro groups is 1. The quantitative estimate of drug-likeness (QED) is 0.382. The van der Waals surface area contributed by atoms with Crippen LogP contribution in [0.25, 0.3) is 0 Å². The lowest BCUT2D eigenvalue weighted by Gasteiger charge is -2.00. The van der Waals surface area contributed by atoms with Crippen LogP contribution in [0, 0.1) is 10.1 Å². The van der Waals surface area contributed by atoms with E-state index in [4.69, 9.17) is 11.6 Å². The fraction of sp³-hybridized carbons (Fsp3) is 0. The fourth-order valence-electron chi connectivity index (χ4n) is 1.56. The highest BCUT2D eigenvalue weighted by Crippen LogP contribution is 2.38. The van der Waals surface area contributed by atoms with Crippen LogP contribution in [0.4, 0.5) is 20.9 Å². The van der Waals surface area contributed by atoms with Gasteiger partial charge in [-0.3, -0.25) is 10.1 Å². The van der Waals surface area contributed by atoms with Gasteiger partial charge in [-0.15, -0.1) is 3.89 Å².